The minimum atomic E-state index is -0.0929. The Morgan fingerprint density at radius 3 is 2.73 bits per heavy atom. The maximum Gasteiger partial charge on any atom is 0.221 e. The fourth-order valence-corrected chi connectivity index (χ4v) is 1.62. The molecular weight excluding hydrogens is 188 g/mol. The third-order valence-electron chi connectivity index (χ3n) is 2.21. The third kappa shape index (κ3) is 1.91. The number of carbonyl (C=O) groups is 1. The average Bonchev–Trinajstić information content (AvgIpc) is 2.16. The van der Waals surface area contributed by atoms with E-state index in [1.165, 1.54) is 6.92 Å². The Labute approximate surface area is 87.9 Å². The number of nitrogens with one attached hydrogen (secondary N) is 1. The van der Waals surface area contributed by atoms with Gasteiger partial charge in [-0.1, -0.05) is 24.3 Å². The molecule has 0 saturated carbocycles. The van der Waals surface area contributed by atoms with Crippen molar-refractivity contribution in [2.45, 2.75) is 6.92 Å². The molecule has 0 unspecified atom stereocenters. The smallest absolute Gasteiger partial charge is 0.221 e. The van der Waals surface area contributed by atoms with E-state index < -0.39 is 0 Å². The monoisotopic (exact) mass is 200 g/mol. The molecule has 0 saturated heterocycles. The van der Waals surface area contributed by atoms with Crippen molar-refractivity contribution in [3.63, 3.8) is 0 Å². The second kappa shape index (κ2) is 3.61. The Morgan fingerprint density at radius 2 is 2.00 bits per heavy atom. The summed E-state index contributed by atoms with van der Waals surface area (Å²) in [5, 5.41) is 4.75. The lowest BCUT2D eigenvalue weighted by Gasteiger charge is -2.07. The van der Waals surface area contributed by atoms with E-state index >= 15 is 0 Å². The molecule has 0 radical (unpaired) electrons. The highest BCUT2D eigenvalue weighted by atomic mass is 16.1. The largest absolute Gasteiger partial charge is 0.398 e. The number of benzene rings is 2. The van der Waals surface area contributed by atoms with Crippen molar-refractivity contribution < 1.29 is 4.79 Å². The number of rotatable bonds is 1. The summed E-state index contributed by atoms with van der Waals surface area (Å²) < 4.78 is 0. The SMILES string of the molecule is CC(=O)Nc1cc(N)c2ccccc2c1. The van der Waals surface area contributed by atoms with Crippen LogP contribution in [-0.2, 0) is 4.79 Å². The molecule has 0 aliphatic carbocycles. The van der Waals surface area contributed by atoms with Gasteiger partial charge in [0.05, 0.1) is 0 Å². The highest BCUT2D eigenvalue weighted by Gasteiger charge is 2.01. The Kier molecular flexibility index (Phi) is 2.29. The van der Waals surface area contributed by atoms with Crippen LogP contribution in [0.3, 0.4) is 0 Å². The molecular formula is C12H12N2O. The van der Waals surface area contributed by atoms with Crippen molar-refractivity contribution in [1.82, 2.24) is 0 Å². The molecule has 0 heterocycles. The number of amides is 1. The second-order valence-corrected chi connectivity index (χ2v) is 3.47. The van der Waals surface area contributed by atoms with Crippen LogP contribution in [0.25, 0.3) is 10.8 Å². The van der Waals surface area contributed by atoms with Crippen molar-refractivity contribution >= 4 is 28.1 Å². The first-order valence-electron chi connectivity index (χ1n) is 4.72. The molecule has 0 spiro atoms. The summed E-state index contributed by atoms with van der Waals surface area (Å²) in [6.45, 7) is 1.48. The topological polar surface area (TPSA) is 55.1 Å². The van der Waals surface area contributed by atoms with Crippen LogP contribution in [0, 0.1) is 0 Å². The van der Waals surface area contributed by atoms with Crippen molar-refractivity contribution in [1.29, 1.82) is 0 Å². The number of hydrogen-bond donors (Lipinski definition) is 2. The zero-order chi connectivity index (χ0) is 10.8. The number of nitrogen functional groups attached to an aromatic ring is 1. The summed E-state index contributed by atoms with van der Waals surface area (Å²) in [5.41, 5.74) is 7.29. The average molecular weight is 200 g/mol. The summed E-state index contributed by atoms with van der Waals surface area (Å²) in [7, 11) is 0. The van der Waals surface area contributed by atoms with E-state index in [1.807, 2.05) is 30.3 Å². The number of anilines is 2. The van der Waals surface area contributed by atoms with Crippen LogP contribution in [0.4, 0.5) is 11.4 Å². The van der Waals surface area contributed by atoms with Crippen LogP contribution < -0.4 is 11.1 Å². The molecule has 3 N–H and O–H groups in total. The van der Waals surface area contributed by atoms with E-state index in [9.17, 15) is 4.79 Å². The second-order valence-electron chi connectivity index (χ2n) is 3.47. The number of hydrogen-bond acceptors (Lipinski definition) is 2. The summed E-state index contributed by atoms with van der Waals surface area (Å²) in [6, 6.07) is 11.5. The number of carbonyl (C=O) groups excluding carboxylic acids is 1. The third-order valence-corrected chi connectivity index (χ3v) is 2.21. The van der Waals surface area contributed by atoms with E-state index in [0.717, 1.165) is 16.5 Å². The molecule has 0 fully saturated rings. The Balaban J connectivity index is 2.57. The van der Waals surface area contributed by atoms with Crippen LogP contribution >= 0.6 is 0 Å². The van der Waals surface area contributed by atoms with Gasteiger partial charge in [0, 0.05) is 23.7 Å². The normalized spacial score (nSPS) is 10.2. The van der Waals surface area contributed by atoms with Crippen LogP contribution in [0.2, 0.25) is 0 Å². The molecule has 2 aromatic carbocycles. The van der Waals surface area contributed by atoms with Gasteiger partial charge in [0.25, 0.3) is 0 Å². The highest BCUT2D eigenvalue weighted by Crippen LogP contribution is 2.25. The fraction of sp³-hybridized carbons (Fsp3) is 0.0833. The predicted molar refractivity (Wildman–Crippen MR) is 62.7 cm³/mol. The van der Waals surface area contributed by atoms with Crippen LogP contribution in [0.5, 0.6) is 0 Å². The summed E-state index contributed by atoms with van der Waals surface area (Å²) in [5.74, 6) is -0.0929. The maximum absolute atomic E-state index is 10.9. The van der Waals surface area contributed by atoms with Crippen molar-refractivity contribution in [2.75, 3.05) is 11.1 Å². The Bertz CT molecular complexity index is 520. The van der Waals surface area contributed by atoms with Crippen LogP contribution in [-0.4, -0.2) is 5.91 Å². The molecule has 0 aliphatic rings. The standard InChI is InChI=1S/C12H12N2O/c1-8(15)14-10-6-9-4-2-3-5-11(9)12(13)7-10/h2-7H,13H2,1H3,(H,14,15). The molecule has 2 aromatic rings. The van der Waals surface area contributed by atoms with Gasteiger partial charge < -0.3 is 11.1 Å². The van der Waals surface area contributed by atoms with E-state index in [0.29, 0.717) is 5.69 Å². The fourth-order valence-electron chi connectivity index (χ4n) is 1.62. The lowest BCUT2D eigenvalue weighted by molar-refractivity contribution is -0.114. The van der Waals surface area contributed by atoms with E-state index in [4.69, 9.17) is 5.73 Å². The zero-order valence-electron chi connectivity index (χ0n) is 8.45. The quantitative estimate of drug-likeness (QED) is 0.694. The first kappa shape index (κ1) is 9.52. The van der Waals surface area contributed by atoms with Gasteiger partial charge in [-0.15, -0.1) is 0 Å². The molecule has 0 aliphatic heterocycles. The lowest BCUT2D eigenvalue weighted by Crippen LogP contribution is -2.06. The van der Waals surface area contributed by atoms with E-state index in [1.54, 1.807) is 6.07 Å². The van der Waals surface area contributed by atoms with Gasteiger partial charge in [-0.3, -0.25) is 4.79 Å². The molecule has 3 heteroatoms. The van der Waals surface area contributed by atoms with Gasteiger partial charge in [-0.25, -0.2) is 0 Å². The minimum absolute atomic E-state index is 0.0929. The van der Waals surface area contributed by atoms with Gasteiger partial charge in [-0.05, 0) is 17.5 Å². The molecule has 0 bridgehead atoms. The first-order chi connectivity index (χ1) is 7.16. The van der Waals surface area contributed by atoms with Crippen molar-refractivity contribution in [3.05, 3.63) is 36.4 Å². The molecule has 76 valence electrons. The molecule has 0 atom stereocenters. The molecule has 1 amide bonds. The molecule has 3 nitrogen and oxygen atoms in total. The van der Waals surface area contributed by atoms with Crippen molar-refractivity contribution in [2.24, 2.45) is 0 Å². The van der Waals surface area contributed by atoms with Crippen molar-refractivity contribution in [3.8, 4) is 0 Å². The van der Waals surface area contributed by atoms with Gasteiger partial charge in [-0.2, -0.15) is 0 Å². The predicted octanol–water partition coefficient (Wildman–Crippen LogP) is 2.38. The first-order valence-corrected chi connectivity index (χ1v) is 4.72. The maximum atomic E-state index is 10.9. The van der Waals surface area contributed by atoms with Gasteiger partial charge >= 0.3 is 0 Å². The number of nitrogens with two attached hydrogens (primary N) is 1. The Hall–Kier alpha value is -2.03. The summed E-state index contributed by atoms with van der Waals surface area (Å²) in [4.78, 5) is 10.9. The van der Waals surface area contributed by atoms with Crippen LogP contribution in [0.15, 0.2) is 36.4 Å². The Morgan fingerprint density at radius 1 is 1.27 bits per heavy atom. The molecule has 2 rings (SSSR count). The summed E-state index contributed by atoms with van der Waals surface area (Å²) >= 11 is 0. The molecule has 15 heavy (non-hydrogen) atoms. The van der Waals surface area contributed by atoms with E-state index in [2.05, 4.69) is 5.32 Å². The molecule has 0 aromatic heterocycles. The van der Waals surface area contributed by atoms with Gasteiger partial charge in [0.2, 0.25) is 5.91 Å². The summed E-state index contributed by atoms with van der Waals surface area (Å²) in [6.07, 6.45) is 0. The van der Waals surface area contributed by atoms with Crippen LogP contribution in [0.1, 0.15) is 6.92 Å². The van der Waals surface area contributed by atoms with Gasteiger partial charge in [0.15, 0.2) is 0 Å². The minimum Gasteiger partial charge on any atom is -0.398 e. The zero-order valence-corrected chi connectivity index (χ0v) is 8.45. The highest BCUT2D eigenvalue weighted by molar-refractivity contribution is 5.99. The van der Waals surface area contributed by atoms with E-state index in [-0.39, 0.29) is 5.91 Å². The number of fused-ring (bicyclic) bond motifs is 1. The lowest BCUT2D eigenvalue weighted by atomic mass is 10.1. The van der Waals surface area contributed by atoms with Gasteiger partial charge in [0.1, 0.15) is 0 Å².